The van der Waals surface area contributed by atoms with Crippen LogP contribution >= 0.6 is 15.9 Å². The van der Waals surface area contributed by atoms with Gasteiger partial charge in [0.1, 0.15) is 53.1 Å². The van der Waals surface area contributed by atoms with Crippen molar-refractivity contribution in [3.8, 4) is 0 Å². The molecule has 0 aliphatic carbocycles. The van der Waals surface area contributed by atoms with Gasteiger partial charge in [0, 0.05) is 72.2 Å². The summed E-state index contributed by atoms with van der Waals surface area (Å²) in [6.45, 7) is 61.9. The van der Waals surface area contributed by atoms with Gasteiger partial charge in [-0.2, -0.15) is 4.65 Å². The molecule has 12 heterocycles. The molecular formula is C109H192BrN3O29Sn+2. The van der Waals surface area contributed by atoms with Gasteiger partial charge in [-0.3, -0.25) is 19.2 Å². The van der Waals surface area contributed by atoms with Crippen molar-refractivity contribution in [2.24, 2.45) is 53.3 Å². The number of allylic oxidation sites excluding steroid dienone is 1. The van der Waals surface area contributed by atoms with Crippen LogP contribution in [0.3, 0.4) is 0 Å². The van der Waals surface area contributed by atoms with E-state index in [9.17, 15) is 55.0 Å². The summed E-state index contributed by atoms with van der Waals surface area (Å²) in [6, 6.07) is -0.924. The number of carbonyl (C=O) groups excluding carboxylic acids is 4. The topological polar surface area (TPSA) is 405 Å². The van der Waals surface area contributed by atoms with Crippen LogP contribution in [0.2, 0.25) is 13.3 Å². The molecule has 12 aliphatic heterocycles. The van der Waals surface area contributed by atoms with Crippen LogP contribution in [0.5, 0.6) is 0 Å². The first-order valence-corrected chi connectivity index (χ1v) is 62.3. The molecule has 143 heavy (non-hydrogen) atoms. The van der Waals surface area contributed by atoms with Crippen LogP contribution in [-0.4, -0.2) is 338 Å². The number of halogens is 1. The summed E-state index contributed by atoms with van der Waals surface area (Å²) in [6.07, 6.45) is 5.01. The molecule has 12 rings (SSSR count). The number of fused-ring (bicyclic) bond motifs is 6. The Kier molecular flexibility index (Phi) is 43.9. The number of aliphatic hydroxyl groups excluding tert-OH is 6. The van der Waals surface area contributed by atoms with E-state index < -0.39 is 226 Å². The van der Waals surface area contributed by atoms with Crippen LogP contribution in [0.15, 0.2) is 57.6 Å². The summed E-state index contributed by atoms with van der Waals surface area (Å²) in [7, 11) is 10.9. The number of carbonyl (C=O) groups is 4. The molecule has 9 fully saturated rings. The number of likely N-dealkylation sites (N-methyl/N-ethyl adjacent to an activating group) is 3. The Bertz CT molecular complexity index is 4280. The molecule has 0 aromatic heterocycles. The summed E-state index contributed by atoms with van der Waals surface area (Å²) in [5.41, 5.74) is -3.51. The second-order valence-corrected chi connectivity index (χ2v) is 60.1. The first-order valence-electron chi connectivity index (χ1n) is 53.7. The van der Waals surface area contributed by atoms with Gasteiger partial charge in [-0.15, -0.1) is 0 Å². The minimum Gasteiger partial charge on any atom is -0.459 e. The molecule has 0 saturated carbocycles. The predicted octanol–water partition coefficient (Wildman–Crippen LogP) is 15.4. The zero-order chi connectivity index (χ0) is 107. The number of rotatable bonds is 31. The fourth-order valence-corrected chi connectivity index (χ4v) is 40.7. The number of quaternary nitrogens is 1. The van der Waals surface area contributed by atoms with E-state index in [1.54, 1.807) is 34.9 Å². The molecule has 0 aromatic rings. The van der Waals surface area contributed by atoms with E-state index in [1.165, 1.54) is 62.5 Å². The van der Waals surface area contributed by atoms with Crippen molar-refractivity contribution in [1.82, 2.24) is 9.80 Å². The van der Waals surface area contributed by atoms with Gasteiger partial charge in [0.05, 0.1) is 116 Å². The number of aliphatic hydroxyl groups is 6. The van der Waals surface area contributed by atoms with Gasteiger partial charge in [-0.1, -0.05) is 84.8 Å². The first-order chi connectivity index (χ1) is 66.1. The van der Waals surface area contributed by atoms with Crippen LogP contribution in [0, 0.1) is 53.3 Å². The minimum atomic E-state index is -2.24. The molecule has 9 saturated heterocycles. The van der Waals surface area contributed by atoms with Crippen LogP contribution in [0.1, 0.15) is 298 Å². The number of ketones is 1. The van der Waals surface area contributed by atoms with E-state index in [4.69, 9.17) is 80.5 Å². The molecule has 39 atom stereocenters. The van der Waals surface area contributed by atoms with E-state index in [0.29, 0.717) is 87.5 Å². The molecular weight excluding hydrogens is 2010 g/mol. The third-order valence-corrected chi connectivity index (χ3v) is 49.1. The predicted molar refractivity (Wildman–Crippen MR) is 551 cm³/mol. The Hall–Kier alpha value is -3.26. The fraction of sp³-hybridized carbons (Fsp3) is 0.872. The van der Waals surface area contributed by atoms with Gasteiger partial charge in [-0.05, 0) is 211 Å². The quantitative estimate of drug-likeness (QED) is 0.00495. The zero-order valence-electron chi connectivity index (χ0n) is 94.2. The van der Waals surface area contributed by atoms with Gasteiger partial charge in [0.25, 0.3) is 0 Å². The second kappa shape index (κ2) is 50.3. The summed E-state index contributed by atoms with van der Waals surface area (Å²) in [5.74, 6) is -9.41. The third-order valence-electron chi connectivity index (χ3n) is 33.5. The molecule has 0 aromatic carbocycles. The van der Waals surface area contributed by atoms with Gasteiger partial charge in [0.15, 0.2) is 48.4 Å². The number of nitrogens with zero attached hydrogens (tertiary/aromatic N) is 3. The molecule has 32 nitrogen and oxygen atoms in total. The van der Waals surface area contributed by atoms with Crippen molar-refractivity contribution in [2.75, 3.05) is 60.8 Å². The maximum Gasteiger partial charge on any atom is 1.00 e. The maximum atomic E-state index is 13.5. The molecule has 0 amide bonds. The first kappa shape index (κ1) is 125. The van der Waals surface area contributed by atoms with Crippen molar-refractivity contribution in [3.05, 3.63) is 57.6 Å². The Labute approximate surface area is 870 Å². The summed E-state index contributed by atoms with van der Waals surface area (Å²) < 4.78 is 115. The van der Waals surface area contributed by atoms with E-state index >= 15 is 0 Å². The Balaban J connectivity index is 0.000000268. The summed E-state index contributed by atoms with van der Waals surface area (Å²) >= 11 is 1.39. The number of hydrogen-bond acceptors (Lipinski definition) is 30. The molecule has 826 valence electrons. The normalized spacial score (nSPS) is 43.6. The zero-order valence-corrected chi connectivity index (χ0v) is 97.6. The van der Waals surface area contributed by atoms with Crippen LogP contribution in [0.4, 0.5) is 0 Å². The van der Waals surface area contributed by atoms with Crippen molar-refractivity contribution >= 4 is 58.0 Å². The van der Waals surface area contributed by atoms with Crippen molar-refractivity contribution in [2.45, 2.75) is 489 Å². The van der Waals surface area contributed by atoms with Crippen LogP contribution < -0.4 is 0 Å². The minimum absolute atomic E-state index is 0. The van der Waals surface area contributed by atoms with E-state index in [1.807, 2.05) is 174 Å². The van der Waals surface area contributed by atoms with Gasteiger partial charge < -0.3 is 122 Å². The number of cyclic esters (lactones) is 3. The molecule has 0 radical (unpaired) electrons. The van der Waals surface area contributed by atoms with E-state index in [-0.39, 0.29) is 67.3 Å². The van der Waals surface area contributed by atoms with E-state index in [0.717, 1.165) is 17.8 Å². The maximum absolute atomic E-state index is 13.5. The molecule has 3 spiro atoms. The van der Waals surface area contributed by atoms with Gasteiger partial charge in [-0.25, -0.2) is 5.21 Å². The Morgan fingerprint density at radius 3 is 1.06 bits per heavy atom. The average molecular weight is 2210 g/mol. The van der Waals surface area contributed by atoms with Crippen molar-refractivity contribution in [3.63, 3.8) is 0 Å². The van der Waals surface area contributed by atoms with Crippen molar-refractivity contribution in [1.29, 1.82) is 0 Å². The SMILES string of the molecule is C=C(CC1=CC2(C)OC13O[C@](C)(C[C@H]3C)[C@H](O[C@@H]1O[C@H](C)C[C@H](N(C)C)[C@H]1O)[C@@H](C)[C@H](O)[C@@H](C)C(=O)O[C@@H]2CC)OCC.C=[C](OCC)[Sn]([CH2]CCC)([CH2]CCC)[CH2]CCC.CC[C@H]1OC(=O)[C@H](C)[C@@H](O)[C@H](C)[C@@H](O[C@@H]2O[C@H](C)C[C@H](N(C)C)[C@H]2O)[C@@]2(C)C[C@@H](C)C3(OC1(C)C=C3CC(C)=O)O2.CC[C@H]1OC(=O)[C@H](C)[C@@H](O)[C@H](C)[C@@H](O[C@@H]2O[C@H](C)C[C@H]([N+](C)(C)O)[C@H]2O)[C@@]2(C)C[C@@H](C)C3(OC1(C)C=C3CBr)O2.O.[H+]. The monoisotopic (exact) mass is 2210 g/mol. The van der Waals surface area contributed by atoms with Gasteiger partial charge in [0.2, 0.25) is 0 Å². The molecule has 9 N–H and O–H groups in total. The number of unbranched alkanes of at least 4 members (excludes halogenated alkanes) is 3. The summed E-state index contributed by atoms with van der Waals surface area (Å²) in [5, 5.41) is 80.0. The number of hydroxylamine groups is 3. The number of ether oxygens (including phenoxy) is 17. The van der Waals surface area contributed by atoms with Gasteiger partial charge >= 0.3 is 139 Å². The molecule has 6 unspecified atom stereocenters. The Morgan fingerprint density at radius 2 is 0.769 bits per heavy atom. The van der Waals surface area contributed by atoms with Crippen LogP contribution in [-0.2, 0) is 99.7 Å². The molecule has 9 bridgehead atoms. The third kappa shape index (κ3) is 26.7. The largest absolute Gasteiger partial charge is 1.00 e. The summed E-state index contributed by atoms with van der Waals surface area (Å²) in [4.78, 5) is 56.7. The second-order valence-electron chi connectivity index (χ2n) is 46.4. The number of Topliss-reactive ketones (excluding diaryl/α,β-unsaturated/α-hetero) is 1. The van der Waals surface area contributed by atoms with Crippen molar-refractivity contribution < 1.29 is 147 Å². The smallest absolute Gasteiger partial charge is 0.459 e. The standard InChI is InChI=1S/C33H55NO9.C31H51NO9.C29H49BrNO9.C4H7O.3C4H9.H2O.Sn/c1-12-25-31(8)17-23(14-19(4)38-13-2)33(42-31)18(3)16-32(9,43-33)28(21(6)26(35)22(7)29(37)40-25)41-30-27(36)24(34(10)11)15-20(5)39-30;1-11-23-29(7)15-21(12-17(3)33)31(40-29)16(2)14-30(8,41-31)26(19(5)24(34)20(6)27(36)38-23)39-28-25(35)22(32(9)10)13-18(4)37-28;1-10-21-27(6)13-19(14-30)29(39-27)15(2)12-28(7,40-29)24(17(4)22(32)18(5)25(34)37-21)38-26-23(33)20(31(8,9)35)11-16(3)36-26;1-3-5-4-2;3*1-3-4-2;;/h17-18,20-22,24-28,30,35-36H,4,12-16H2,1-3,5-11H3;15-16,18-20,22-26,28,34-35H,11-14H2,1-10H3;13,15-18,20-24,26,32-33,35H,10-12,14H2,1-9H3;1,4H2,2H3;3*1,3-4H2,2H3;1H2;/q;;+1;;;;;;/p+1/t18-,20-,21+,22-,24+,25-,26+,27-,28-,30+,31?,32-,33?;16-,18-,19+,20-,22+,23-,24+,25-,26-,28+,29?,30-,31?;15-,16-,17+,18-,20+,21-,22+,23-,24-,26+,27?,28-,29?;;;;;;/m111....../s1. The molecule has 34 heteroatoms. The number of hydrogen-bond donors (Lipinski definition) is 7. The number of alkyl halides is 1. The average Bonchev–Trinajstić information content (AvgIpc) is 1.55. The Morgan fingerprint density at radius 1 is 0.469 bits per heavy atom. The fourth-order valence-electron chi connectivity index (χ4n) is 25.6. The number of esters is 3. The van der Waals surface area contributed by atoms with E-state index in [2.05, 4.69) is 70.6 Å². The van der Waals surface area contributed by atoms with Crippen LogP contribution in [0.25, 0.3) is 0 Å². The molecule has 12 aliphatic rings.